The van der Waals surface area contributed by atoms with Crippen LogP contribution in [0.5, 0.6) is 5.75 Å². The molecule has 3 heterocycles. The van der Waals surface area contributed by atoms with Crippen molar-refractivity contribution < 1.29 is 9.53 Å². The van der Waals surface area contributed by atoms with Gasteiger partial charge in [0.1, 0.15) is 5.75 Å². The summed E-state index contributed by atoms with van der Waals surface area (Å²) >= 11 is 1.63. The second-order valence-corrected chi connectivity index (χ2v) is 8.82. The van der Waals surface area contributed by atoms with E-state index in [0.29, 0.717) is 13.1 Å². The van der Waals surface area contributed by atoms with Crippen LogP contribution in [0.4, 0.5) is 5.69 Å². The number of para-hydroxylation sites is 2. The Morgan fingerprint density at radius 1 is 1.03 bits per heavy atom. The van der Waals surface area contributed by atoms with Gasteiger partial charge in [-0.1, -0.05) is 23.8 Å². The Kier molecular flexibility index (Phi) is 5.53. The Labute approximate surface area is 191 Å². The van der Waals surface area contributed by atoms with E-state index in [9.17, 15) is 4.79 Å². The van der Waals surface area contributed by atoms with Crippen LogP contribution in [0.3, 0.4) is 0 Å². The minimum Gasteiger partial charge on any atom is -0.495 e. The van der Waals surface area contributed by atoms with Crippen molar-refractivity contribution >= 4 is 33.8 Å². The SMILES string of the molecule is COc1ccccc1N1CCN(C(=O)c2cc(-c3ccsc3)nc3ccc(C)cc23)CC1. The fourth-order valence-electron chi connectivity index (χ4n) is 4.29. The van der Waals surface area contributed by atoms with Crippen molar-refractivity contribution in [3.63, 3.8) is 0 Å². The first-order valence-corrected chi connectivity index (χ1v) is 11.7. The predicted molar refractivity (Wildman–Crippen MR) is 131 cm³/mol. The van der Waals surface area contributed by atoms with Crippen LogP contribution in [-0.4, -0.2) is 49.1 Å². The van der Waals surface area contributed by atoms with Crippen molar-refractivity contribution in [2.24, 2.45) is 0 Å². The van der Waals surface area contributed by atoms with E-state index in [0.717, 1.165) is 57.8 Å². The molecule has 2 aromatic carbocycles. The van der Waals surface area contributed by atoms with E-state index in [1.54, 1.807) is 18.4 Å². The van der Waals surface area contributed by atoms with E-state index in [1.807, 2.05) is 59.7 Å². The average molecular weight is 444 g/mol. The largest absolute Gasteiger partial charge is 0.495 e. The van der Waals surface area contributed by atoms with Crippen molar-refractivity contribution in [3.05, 3.63) is 76.5 Å². The molecule has 1 aliphatic rings. The highest BCUT2D eigenvalue weighted by Crippen LogP contribution is 2.30. The van der Waals surface area contributed by atoms with E-state index in [-0.39, 0.29) is 5.91 Å². The first-order valence-electron chi connectivity index (χ1n) is 10.8. The van der Waals surface area contributed by atoms with Crippen LogP contribution >= 0.6 is 11.3 Å². The molecule has 6 heteroatoms. The Balaban J connectivity index is 1.44. The Morgan fingerprint density at radius 3 is 2.59 bits per heavy atom. The molecule has 0 aliphatic carbocycles. The van der Waals surface area contributed by atoms with Crippen LogP contribution in [-0.2, 0) is 0 Å². The summed E-state index contributed by atoms with van der Waals surface area (Å²) in [5.74, 6) is 0.933. The number of carbonyl (C=O) groups is 1. The number of aromatic nitrogens is 1. The van der Waals surface area contributed by atoms with Gasteiger partial charge >= 0.3 is 0 Å². The Bertz CT molecular complexity index is 1260. The normalized spacial score (nSPS) is 14.1. The molecular weight excluding hydrogens is 418 g/mol. The van der Waals surface area contributed by atoms with Gasteiger partial charge in [-0.25, -0.2) is 4.98 Å². The molecule has 0 N–H and O–H groups in total. The van der Waals surface area contributed by atoms with Crippen molar-refractivity contribution in [2.45, 2.75) is 6.92 Å². The van der Waals surface area contributed by atoms with Gasteiger partial charge in [-0.2, -0.15) is 11.3 Å². The molecule has 0 bridgehead atoms. The molecule has 0 atom stereocenters. The number of fused-ring (bicyclic) bond motifs is 1. The third kappa shape index (κ3) is 3.82. The van der Waals surface area contributed by atoms with Crippen molar-refractivity contribution in [3.8, 4) is 17.0 Å². The zero-order chi connectivity index (χ0) is 22.1. The summed E-state index contributed by atoms with van der Waals surface area (Å²) in [5.41, 5.74) is 5.68. The number of hydrogen-bond donors (Lipinski definition) is 0. The fraction of sp³-hybridized carbons (Fsp3) is 0.231. The first kappa shape index (κ1) is 20.5. The van der Waals surface area contributed by atoms with Crippen molar-refractivity contribution in [1.29, 1.82) is 0 Å². The van der Waals surface area contributed by atoms with Gasteiger partial charge in [0, 0.05) is 42.5 Å². The lowest BCUT2D eigenvalue weighted by Gasteiger charge is -2.36. The molecule has 0 saturated carbocycles. The monoisotopic (exact) mass is 443 g/mol. The fourth-order valence-corrected chi connectivity index (χ4v) is 4.94. The predicted octanol–water partition coefficient (Wildman–Crippen LogP) is 5.24. The molecule has 1 fully saturated rings. The molecule has 162 valence electrons. The number of piperazine rings is 1. The maximum Gasteiger partial charge on any atom is 0.254 e. The molecule has 32 heavy (non-hydrogen) atoms. The number of rotatable bonds is 4. The number of ether oxygens (including phenoxy) is 1. The lowest BCUT2D eigenvalue weighted by Crippen LogP contribution is -2.49. The van der Waals surface area contributed by atoms with Gasteiger partial charge in [0.05, 0.1) is 29.6 Å². The zero-order valence-corrected chi connectivity index (χ0v) is 19.1. The molecular formula is C26H25N3O2S. The average Bonchev–Trinajstić information content (AvgIpc) is 3.38. The van der Waals surface area contributed by atoms with E-state index in [2.05, 4.69) is 22.4 Å². The number of nitrogens with zero attached hydrogens (tertiary/aromatic N) is 3. The smallest absolute Gasteiger partial charge is 0.254 e. The number of pyridine rings is 1. The Morgan fingerprint density at radius 2 is 1.84 bits per heavy atom. The van der Waals surface area contributed by atoms with Crippen molar-refractivity contribution in [1.82, 2.24) is 9.88 Å². The van der Waals surface area contributed by atoms with Gasteiger partial charge in [-0.3, -0.25) is 4.79 Å². The molecule has 5 rings (SSSR count). The van der Waals surface area contributed by atoms with Crippen LogP contribution in [0.25, 0.3) is 22.2 Å². The maximum atomic E-state index is 13.7. The summed E-state index contributed by atoms with van der Waals surface area (Å²) in [6.07, 6.45) is 0. The summed E-state index contributed by atoms with van der Waals surface area (Å²) in [6, 6.07) is 18.2. The summed E-state index contributed by atoms with van der Waals surface area (Å²) in [7, 11) is 1.69. The highest BCUT2D eigenvalue weighted by atomic mass is 32.1. The molecule has 0 radical (unpaired) electrons. The maximum absolute atomic E-state index is 13.7. The highest BCUT2D eigenvalue weighted by Gasteiger charge is 2.25. The number of carbonyl (C=O) groups excluding carboxylic acids is 1. The molecule has 5 nitrogen and oxygen atoms in total. The summed E-state index contributed by atoms with van der Waals surface area (Å²) in [5, 5.41) is 5.03. The van der Waals surface area contributed by atoms with E-state index in [1.165, 1.54) is 0 Å². The minimum absolute atomic E-state index is 0.0687. The topological polar surface area (TPSA) is 45.7 Å². The van der Waals surface area contributed by atoms with E-state index in [4.69, 9.17) is 9.72 Å². The summed E-state index contributed by atoms with van der Waals surface area (Å²) < 4.78 is 5.52. The number of benzene rings is 2. The second kappa shape index (κ2) is 8.63. The molecule has 0 unspecified atom stereocenters. The number of amides is 1. The third-order valence-electron chi connectivity index (χ3n) is 6.00. The molecule has 2 aromatic heterocycles. The molecule has 4 aromatic rings. The van der Waals surface area contributed by atoms with Gasteiger partial charge < -0.3 is 14.5 Å². The first-order chi connectivity index (χ1) is 15.6. The summed E-state index contributed by atoms with van der Waals surface area (Å²) in [6.45, 7) is 4.92. The molecule has 1 aliphatic heterocycles. The number of hydrogen-bond acceptors (Lipinski definition) is 5. The third-order valence-corrected chi connectivity index (χ3v) is 6.69. The number of anilines is 1. The van der Waals surface area contributed by atoms with E-state index < -0.39 is 0 Å². The zero-order valence-electron chi connectivity index (χ0n) is 18.2. The van der Waals surface area contributed by atoms with Crippen LogP contribution in [0, 0.1) is 6.92 Å². The van der Waals surface area contributed by atoms with Crippen LogP contribution < -0.4 is 9.64 Å². The lowest BCUT2D eigenvalue weighted by atomic mass is 10.0. The highest BCUT2D eigenvalue weighted by molar-refractivity contribution is 7.08. The van der Waals surface area contributed by atoms with Crippen molar-refractivity contribution in [2.75, 3.05) is 38.2 Å². The van der Waals surface area contributed by atoms with Gasteiger partial charge in [0.2, 0.25) is 0 Å². The van der Waals surface area contributed by atoms with Gasteiger partial charge in [0.15, 0.2) is 0 Å². The van der Waals surface area contributed by atoms with Crippen LogP contribution in [0.1, 0.15) is 15.9 Å². The van der Waals surface area contributed by atoms with Crippen LogP contribution in [0.2, 0.25) is 0 Å². The number of methoxy groups -OCH3 is 1. The minimum atomic E-state index is 0.0687. The number of aryl methyl sites for hydroxylation is 1. The summed E-state index contributed by atoms with van der Waals surface area (Å²) in [4.78, 5) is 22.7. The van der Waals surface area contributed by atoms with Gasteiger partial charge in [-0.15, -0.1) is 0 Å². The quantitative estimate of drug-likeness (QED) is 0.433. The standard InChI is InChI=1S/C26H25N3O2S/c1-18-7-8-22-20(15-18)21(16-23(27-22)19-9-14-32-17-19)26(30)29-12-10-28(11-13-29)24-5-3-4-6-25(24)31-2/h3-9,14-17H,10-13H2,1-2H3. The second-order valence-electron chi connectivity index (χ2n) is 8.04. The molecule has 0 spiro atoms. The van der Waals surface area contributed by atoms with Crippen LogP contribution in [0.15, 0.2) is 65.4 Å². The lowest BCUT2D eigenvalue weighted by molar-refractivity contribution is 0.0748. The van der Waals surface area contributed by atoms with Gasteiger partial charge in [0.25, 0.3) is 5.91 Å². The Hall–Kier alpha value is -3.38. The number of thiophene rings is 1. The van der Waals surface area contributed by atoms with E-state index >= 15 is 0 Å². The van der Waals surface area contributed by atoms with Gasteiger partial charge in [-0.05, 0) is 48.7 Å². The molecule has 1 saturated heterocycles. The molecule has 1 amide bonds.